The molecule has 7 nitrogen and oxygen atoms in total. The summed E-state index contributed by atoms with van der Waals surface area (Å²) in [6.45, 7) is 8.45. The standard InChI is InChI=1S/C19H13N3O2.C7H16N2/c20-19(24)14-9-15(12-4-2-1-3-5-12)21-17-13-7-6-11(10-23)8-16(13)22-18(14)17;1-3-9-6-4-8(2)5-7-9/h1-10,22H,(H2,20,24);3-7H2,1-2H3. The number of primary amides is 1. The zero-order chi connectivity index (χ0) is 23.4. The number of hydrogen-bond donors (Lipinski definition) is 2. The molecule has 33 heavy (non-hydrogen) atoms. The number of pyridine rings is 1. The molecule has 0 saturated carbocycles. The number of nitrogens with one attached hydrogen (secondary N) is 1. The molecular formula is C26H29N5O2. The van der Waals surface area contributed by atoms with E-state index in [1.54, 1.807) is 18.2 Å². The van der Waals surface area contributed by atoms with E-state index in [-0.39, 0.29) is 0 Å². The van der Waals surface area contributed by atoms with Crippen molar-refractivity contribution in [3.8, 4) is 11.3 Å². The molecule has 5 rings (SSSR count). The Morgan fingerprint density at radius 2 is 1.82 bits per heavy atom. The molecule has 2 aromatic carbocycles. The van der Waals surface area contributed by atoms with Gasteiger partial charge in [0.2, 0.25) is 0 Å². The molecular weight excluding hydrogens is 414 g/mol. The number of carbonyl (C=O) groups is 2. The van der Waals surface area contributed by atoms with E-state index in [4.69, 9.17) is 10.7 Å². The Hall–Kier alpha value is -3.55. The van der Waals surface area contributed by atoms with Crippen molar-refractivity contribution >= 4 is 34.1 Å². The number of aldehydes is 1. The third-order valence-corrected chi connectivity index (χ3v) is 6.09. The fraction of sp³-hybridized carbons (Fsp3) is 0.269. The first kappa shape index (κ1) is 22.6. The topological polar surface area (TPSA) is 95.3 Å². The number of hydrogen-bond acceptors (Lipinski definition) is 5. The predicted molar refractivity (Wildman–Crippen MR) is 133 cm³/mol. The minimum Gasteiger partial charge on any atom is -0.366 e. The molecule has 0 bridgehead atoms. The van der Waals surface area contributed by atoms with E-state index in [1.807, 2.05) is 36.4 Å². The number of carbonyl (C=O) groups excluding carboxylic acids is 2. The second kappa shape index (κ2) is 9.94. The van der Waals surface area contributed by atoms with Gasteiger partial charge < -0.3 is 20.5 Å². The third kappa shape index (κ3) is 4.94. The Bertz CT molecular complexity index is 1270. The number of nitrogens with two attached hydrogens (primary N) is 1. The molecule has 0 radical (unpaired) electrons. The highest BCUT2D eigenvalue weighted by molar-refractivity contribution is 6.14. The molecule has 0 aliphatic carbocycles. The van der Waals surface area contributed by atoms with E-state index < -0.39 is 5.91 Å². The van der Waals surface area contributed by atoms with Gasteiger partial charge in [-0.1, -0.05) is 43.3 Å². The SMILES string of the molecule is CCN1CCN(C)CC1.NC(=O)c1cc(-c2ccccc2)nc2c1[nH]c1cc(C=O)ccc12. The number of fused-ring (bicyclic) bond motifs is 3. The fourth-order valence-electron chi connectivity index (χ4n) is 4.06. The van der Waals surface area contributed by atoms with Crippen LogP contribution in [0.4, 0.5) is 0 Å². The molecule has 170 valence electrons. The summed E-state index contributed by atoms with van der Waals surface area (Å²) in [4.78, 5) is 35.6. The first-order chi connectivity index (χ1) is 16.0. The van der Waals surface area contributed by atoms with Crippen LogP contribution in [0, 0.1) is 0 Å². The van der Waals surface area contributed by atoms with E-state index >= 15 is 0 Å². The number of piperazine rings is 1. The van der Waals surface area contributed by atoms with Crippen molar-refractivity contribution in [3.63, 3.8) is 0 Å². The molecule has 1 aliphatic heterocycles. The van der Waals surface area contributed by atoms with E-state index in [0.29, 0.717) is 27.9 Å². The molecule has 1 aliphatic rings. The van der Waals surface area contributed by atoms with Crippen molar-refractivity contribution in [1.82, 2.24) is 19.8 Å². The minimum atomic E-state index is -0.526. The average molecular weight is 444 g/mol. The van der Waals surface area contributed by atoms with Gasteiger partial charge in [0.05, 0.1) is 22.3 Å². The Morgan fingerprint density at radius 1 is 1.09 bits per heavy atom. The maximum atomic E-state index is 11.9. The van der Waals surface area contributed by atoms with Crippen LogP contribution in [-0.4, -0.2) is 71.7 Å². The summed E-state index contributed by atoms with van der Waals surface area (Å²) in [5.41, 5.74) is 10.1. The lowest BCUT2D eigenvalue weighted by atomic mass is 10.1. The first-order valence-electron chi connectivity index (χ1n) is 11.2. The quantitative estimate of drug-likeness (QED) is 0.471. The number of likely N-dealkylation sites (N-methyl/N-ethyl adjacent to an activating group) is 2. The molecule has 3 heterocycles. The van der Waals surface area contributed by atoms with Gasteiger partial charge in [-0.05, 0) is 31.8 Å². The summed E-state index contributed by atoms with van der Waals surface area (Å²) in [5.74, 6) is -0.526. The van der Waals surface area contributed by atoms with Crippen LogP contribution < -0.4 is 5.73 Å². The molecule has 1 saturated heterocycles. The normalized spacial score (nSPS) is 14.7. The van der Waals surface area contributed by atoms with Gasteiger partial charge in [0.25, 0.3) is 5.91 Å². The second-order valence-electron chi connectivity index (χ2n) is 8.29. The number of aromatic amines is 1. The summed E-state index contributed by atoms with van der Waals surface area (Å²) >= 11 is 0. The highest BCUT2D eigenvalue weighted by Gasteiger charge is 2.16. The Balaban J connectivity index is 0.000000243. The fourth-order valence-corrected chi connectivity index (χ4v) is 4.06. The van der Waals surface area contributed by atoms with Crippen LogP contribution in [0.15, 0.2) is 54.6 Å². The molecule has 0 spiro atoms. The van der Waals surface area contributed by atoms with Gasteiger partial charge in [-0.25, -0.2) is 4.98 Å². The summed E-state index contributed by atoms with van der Waals surface area (Å²) in [6.07, 6.45) is 0.781. The van der Waals surface area contributed by atoms with E-state index in [2.05, 4.69) is 28.8 Å². The number of nitrogens with zero attached hydrogens (tertiary/aromatic N) is 3. The number of aromatic nitrogens is 2. The highest BCUT2D eigenvalue weighted by atomic mass is 16.1. The first-order valence-corrected chi connectivity index (χ1v) is 11.2. The molecule has 1 fully saturated rings. The van der Waals surface area contributed by atoms with Crippen LogP contribution >= 0.6 is 0 Å². The van der Waals surface area contributed by atoms with Gasteiger partial charge in [0.1, 0.15) is 6.29 Å². The maximum absolute atomic E-state index is 11.9. The van der Waals surface area contributed by atoms with Crippen molar-refractivity contribution < 1.29 is 9.59 Å². The summed E-state index contributed by atoms with van der Waals surface area (Å²) < 4.78 is 0. The van der Waals surface area contributed by atoms with Gasteiger partial charge in [0.15, 0.2) is 0 Å². The number of amides is 1. The summed E-state index contributed by atoms with van der Waals surface area (Å²) in [5, 5.41) is 0.843. The van der Waals surface area contributed by atoms with Gasteiger partial charge in [-0.15, -0.1) is 0 Å². The number of benzene rings is 2. The molecule has 3 N–H and O–H groups in total. The highest BCUT2D eigenvalue weighted by Crippen LogP contribution is 2.30. The zero-order valence-electron chi connectivity index (χ0n) is 19.0. The van der Waals surface area contributed by atoms with Crippen molar-refractivity contribution in [2.24, 2.45) is 5.73 Å². The molecule has 0 atom stereocenters. The van der Waals surface area contributed by atoms with Crippen LogP contribution in [0.25, 0.3) is 33.2 Å². The van der Waals surface area contributed by atoms with Crippen LogP contribution in [0.1, 0.15) is 27.6 Å². The lowest BCUT2D eigenvalue weighted by Crippen LogP contribution is -2.44. The summed E-state index contributed by atoms with van der Waals surface area (Å²) in [7, 11) is 2.19. The lowest BCUT2D eigenvalue weighted by Gasteiger charge is -2.31. The smallest absolute Gasteiger partial charge is 0.250 e. The van der Waals surface area contributed by atoms with Gasteiger partial charge >= 0.3 is 0 Å². The Morgan fingerprint density at radius 3 is 2.45 bits per heavy atom. The molecule has 0 unspecified atom stereocenters. The molecule has 2 aromatic heterocycles. The zero-order valence-corrected chi connectivity index (χ0v) is 19.0. The van der Waals surface area contributed by atoms with E-state index in [1.165, 1.54) is 32.7 Å². The van der Waals surface area contributed by atoms with E-state index in [9.17, 15) is 9.59 Å². The maximum Gasteiger partial charge on any atom is 0.250 e. The third-order valence-electron chi connectivity index (χ3n) is 6.09. The lowest BCUT2D eigenvalue weighted by molar-refractivity contribution is 0.100. The van der Waals surface area contributed by atoms with Crippen molar-refractivity contribution in [1.29, 1.82) is 0 Å². The van der Waals surface area contributed by atoms with Crippen molar-refractivity contribution in [2.75, 3.05) is 39.8 Å². The Labute approximate surface area is 193 Å². The minimum absolute atomic E-state index is 0.378. The van der Waals surface area contributed by atoms with Crippen LogP contribution in [-0.2, 0) is 0 Å². The number of rotatable bonds is 4. The number of H-pyrrole nitrogens is 1. The second-order valence-corrected chi connectivity index (χ2v) is 8.29. The molecule has 4 aromatic rings. The molecule has 1 amide bonds. The van der Waals surface area contributed by atoms with Crippen LogP contribution in [0.5, 0.6) is 0 Å². The van der Waals surface area contributed by atoms with Gasteiger partial charge in [-0.3, -0.25) is 9.59 Å². The van der Waals surface area contributed by atoms with Crippen LogP contribution in [0.2, 0.25) is 0 Å². The largest absolute Gasteiger partial charge is 0.366 e. The van der Waals surface area contributed by atoms with E-state index in [0.717, 1.165) is 22.8 Å². The monoisotopic (exact) mass is 443 g/mol. The van der Waals surface area contributed by atoms with Gasteiger partial charge in [-0.2, -0.15) is 0 Å². The predicted octanol–water partition coefficient (Wildman–Crippen LogP) is 3.55. The Kier molecular flexibility index (Phi) is 6.82. The van der Waals surface area contributed by atoms with Crippen molar-refractivity contribution in [2.45, 2.75) is 6.92 Å². The molecule has 7 heteroatoms. The average Bonchev–Trinajstić information content (AvgIpc) is 3.22. The van der Waals surface area contributed by atoms with Crippen molar-refractivity contribution in [3.05, 3.63) is 65.7 Å². The summed E-state index contributed by atoms with van der Waals surface area (Å²) in [6, 6.07) is 16.6. The van der Waals surface area contributed by atoms with Crippen LogP contribution in [0.3, 0.4) is 0 Å². The van der Waals surface area contributed by atoms with Gasteiger partial charge in [0, 0.05) is 48.2 Å².